The Hall–Kier alpha value is -1.35. The summed E-state index contributed by atoms with van der Waals surface area (Å²) in [4.78, 5) is 25.5. The second kappa shape index (κ2) is 39.1. The van der Waals surface area contributed by atoms with Gasteiger partial charge in [0.1, 0.15) is 36.8 Å². The summed E-state index contributed by atoms with van der Waals surface area (Å²) in [5.41, 5.74) is 0. The molecule has 1 aliphatic heterocycles. The Bertz CT molecular complexity index is 1140. The van der Waals surface area contributed by atoms with Crippen LogP contribution in [0.25, 0.3) is 0 Å². The lowest BCUT2D eigenvalue weighted by Gasteiger charge is -2.40. The molecule has 0 saturated carbocycles. The van der Waals surface area contributed by atoms with Gasteiger partial charge >= 0.3 is 11.9 Å². The van der Waals surface area contributed by atoms with Crippen molar-refractivity contribution >= 4 is 22.1 Å². The molecule has 1 heterocycles. The quantitative estimate of drug-likeness (QED) is 0.0258. The highest BCUT2D eigenvalue weighted by molar-refractivity contribution is 7.85. The Morgan fingerprint density at radius 3 is 1.20 bits per heavy atom. The van der Waals surface area contributed by atoms with Gasteiger partial charge < -0.3 is 34.3 Å². The number of rotatable bonds is 43. The summed E-state index contributed by atoms with van der Waals surface area (Å²) in [7, 11) is -4.60. The Balaban J connectivity index is 2.38. The van der Waals surface area contributed by atoms with Gasteiger partial charge in [-0.1, -0.05) is 213 Å². The monoisotopic (exact) mass is 893 g/mol. The third kappa shape index (κ3) is 33.8. The van der Waals surface area contributed by atoms with Crippen LogP contribution in [0.5, 0.6) is 0 Å². The summed E-state index contributed by atoms with van der Waals surface area (Å²) < 4.78 is 54.2. The number of carbonyl (C=O) groups excluding carboxylic acids is 2. The molecule has 0 aromatic heterocycles. The van der Waals surface area contributed by atoms with Crippen LogP contribution in [0, 0.1) is 0 Å². The highest BCUT2D eigenvalue weighted by atomic mass is 32.2. The Kier molecular flexibility index (Phi) is 36.9. The number of esters is 2. The fourth-order valence-corrected chi connectivity index (χ4v) is 8.72. The number of carbonyl (C=O) groups is 2. The molecule has 4 N–H and O–H groups in total. The van der Waals surface area contributed by atoms with E-state index in [2.05, 4.69) is 13.8 Å². The molecule has 1 fully saturated rings. The lowest BCUT2D eigenvalue weighted by Crippen LogP contribution is -2.60. The minimum atomic E-state index is -4.60. The van der Waals surface area contributed by atoms with E-state index in [1.807, 2.05) is 0 Å². The molecule has 0 bridgehead atoms. The van der Waals surface area contributed by atoms with Crippen molar-refractivity contribution in [1.82, 2.24) is 0 Å². The van der Waals surface area contributed by atoms with E-state index in [0.29, 0.717) is 12.8 Å². The van der Waals surface area contributed by atoms with Gasteiger partial charge in [0.15, 0.2) is 12.4 Å². The Morgan fingerprint density at radius 1 is 0.492 bits per heavy atom. The van der Waals surface area contributed by atoms with E-state index < -0.39 is 71.2 Å². The van der Waals surface area contributed by atoms with E-state index in [0.717, 1.165) is 38.5 Å². The molecule has 0 aromatic rings. The molecule has 0 aromatic carbocycles. The maximum Gasteiger partial charge on any atom is 0.306 e. The Morgan fingerprint density at radius 2 is 0.836 bits per heavy atom. The first kappa shape index (κ1) is 57.7. The van der Waals surface area contributed by atoms with E-state index in [1.54, 1.807) is 0 Å². The molecule has 0 radical (unpaired) electrons. The van der Waals surface area contributed by atoms with Crippen molar-refractivity contribution in [2.45, 2.75) is 275 Å². The van der Waals surface area contributed by atoms with Crippen LogP contribution in [0.2, 0.25) is 0 Å². The van der Waals surface area contributed by atoms with Gasteiger partial charge in [-0.25, -0.2) is 0 Å². The summed E-state index contributed by atoms with van der Waals surface area (Å²) in [6.45, 7) is 3.81. The topological polar surface area (TPSA) is 186 Å². The average Bonchev–Trinajstić information content (AvgIpc) is 3.22. The normalized spacial score (nSPS) is 19.9. The van der Waals surface area contributed by atoms with Crippen LogP contribution in [-0.2, 0) is 38.7 Å². The number of aliphatic hydroxyl groups excluding tert-OH is 3. The first-order chi connectivity index (χ1) is 29.5. The maximum absolute atomic E-state index is 12.8. The van der Waals surface area contributed by atoms with Crippen molar-refractivity contribution in [3.8, 4) is 0 Å². The molecule has 1 saturated heterocycles. The second-order valence-corrected chi connectivity index (χ2v) is 19.3. The van der Waals surface area contributed by atoms with Crippen molar-refractivity contribution in [2.75, 3.05) is 19.0 Å². The molecule has 0 amide bonds. The van der Waals surface area contributed by atoms with Crippen LogP contribution in [-0.4, -0.2) is 96.0 Å². The first-order valence-electron chi connectivity index (χ1n) is 25.1. The molecule has 2 unspecified atom stereocenters. The zero-order chi connectivity index (χ0) is 44.8. The van der Waals surface area contributed by atoms with Gasteiger partial charge in [0.2, 0.25) is 0 Å². The lowest BCUT2D eigenvalue weighted by atomic mass is 10.00. The minimum absolute atomic E-state index is 0.173. The second-order valence-electron chi connectivity index (χ2n) is 17.9. The van der Waals surface area contributed by atoms with Gasteiger partial charge in [-0.3, -0.25) is 14.1 Å². The molecule has 0 aliphatic carbocycles. The van der Waals surface area contributed by atoms with Crippen molar-refractivity contribution in [1.29, 1.82) is 0 Å². The summed E-state index contributed by atoms with van der Waals surface area (Å²) in [6, 6.07) is 0. The zero-order valence-corrected chi connectivity index (χ0v) is 39.6. The first-order valence-corrected chi connectivity index (χ1v) is 26.7. The highest BCUT2D eigenvalue weighted by Gasteiger charge is 2.46. The van der Waals surface area contributed by atoms with Gasteiger partial charge in [0.25, 0.3) is 10.1 Å². The number of hydrogen-bond donors (Lipinski definition) is 4. The fraction of sp³-hybridized carbons (Fsp3) is 0.958. The number of aliphatic hydroxyl groups is 3. The lowest BCUT2D eigenvalue weighted by molar-refractivity contribution is -0.297. The van der Waals surface area contributed by atoms with Crippen molar-refractivity contribution in [3.63, 3.8) is 0 Å². The van der Waals surface area contributed by atoms with Crippen LogP contribution in [0.4, 0.5) is 0 Å². The molecule has 1 aliphatic rings. The van der Waals surface area contributed by atoms with Crippen LogP contribution in [0.3, 0.4) is 0 Å². The average molecular weight is 893 g/mol. The fourth-order valence-electron chi connectivity index (χ4n) is 8.03. The molecular weight excluding hydrogens is 801 g/mol. The van der Waals surface area contributed by atoms with Crippen LogP contribution in [0.1, 0.15) is 239 Å². The van der Waals surface area contributed by atoms with Crippen LogP contribution < -0.4 is 0 Å². The highest BCUT2D eigenvalue weighted by Crippen LogP contribution is 2.24. The Labute approximate surface area is 372 Å². The number of hydrogen-bond acceptors (Lipinski definition) is 11. The van der Waals surface area contributed by atoms with Gasteiger partial charge in [0.05, 0.1) is 6.61 Å². The van der Waals surface area contributed by atoms with E-state index in [1.165, 1.54) is 161 Å². The smallest absolute Gasteiger partial charge is 0.306 e. The van der Waals surface area contributed by atoms with Crippen molar-refractivity contribution in [3.05, 3.63) is 0 Å². The minimum Gasteiger partial charge on any atom is -0.462 e. The number of ether oxygens (including phenoxy) is 4. The van der Waals surface area contributed by atoms with E-state index in [-0.39, 0.29) is 19.4 Å². The van der Waals surface area contributed by atoms with E-state index in [4.69, 9.17) is 18.9 Å². The molecule has 13 heteroatoms. The molecule has 0 spiro atoms. The molecule has 6 atom stereocenters. The van der Waals surface area contributed by atoms with Gasteiger partial charge in [-0.05, 0) is 12.8 Å². The molecular formula is C48H92O12S. The predicted molar refractivity (Wildman–Crippen MR) is 243 cm³/mol. The summed E-state index contributed by atoms with van der Waals surface area (Å²) in [5.74, 6) is -1.96. The molecule has 61 heavy (non-hydrogen) atoms. The van der Waals surface area contributed by atoms with Gasteiger partial charge in [-0.2, -0.15) is 8.42 Å². The third-order valence-corrected chi connectivity index (χ3v) is 12.7. The van der Waals surface area contributed by atoms with E-state index in [9.17, 15) is 37.9 Å². The third-order valence-electron chi connectivity index (χ3n) is 11.9. The van der Waals surface area contributed by atoms with Gasteiger partial charge in [0, 0.05) is 12.8 Å². The standard InChI is InChI=1S/C48H92O12S/c1-3-5-7-9-11-13-15-17-19-21-23-25-27-29-31-33-35-37-44(50)59-41(39-58-48-47(53)46(52)45(51)42(60-48)40-61(54,55)56)38-57-43(49)36-34-32-30-28-26-24-22-20-18-16-14-12-10-8-6-4-2/h41-42,45-48,51-53H,3-40H2,1-2H3,(H,54,55,56)/t41-,42-,45-,46?,47?,48+/m1/s1. The van der Waals surface area contributed by atoms with Crippen LogP contribution >= 0.6 is 0 Å². The molecule has 1 rings (SSSR count). The summed E-state index contributed by atoms with van der Waals surface area (Å²) in [6.07, 6.45) is 31.4. The molecule has 362 valence electrons. The van der Waals surface area contributed by atoms with Crippen LogP contribution in [0.15, 0.2) is 0 Å². The van der Waals surface area contributed by atoms with Crippen molar-refractivity contribution < 1.29 is 56.8 Å². The molecule has 12 nitrogen and oxygen atoms in total. The van der Waals surface area contributed by atoms with E-state index >= 15 is 0 Å². The number of unbranched alkanes of at least 4 members (excludes halogenated alkanes) is 31. The SMILES string of the molecule is CCCCCCCCCCCCCCCCCCCC(=O)O[C@H](COC(=O)CCCCCCCCCCCCCCCCCC)CO[C@H]1O[C@H](CS(=O)(=O)O)[C@@H](O)C(O)C1O. The largest absolute Gasteiger partial charge is 0.462 e. The summed E-state index contributed by atoms with van der Waals surface area (Å²) in [5, 5.41) is 30.9. The van der Waals surface area contributed by atoms with Gasteiger partial charge in [-0.15, -0.1) is 0 Å². The predicted octanol–water partition coefficient (Wildman–Crippen LogP) is 10.8. The van der Waals surface area contributed by atoms with Crippen molar-refractivity contribution in [2.24, 2.45) is 0 Å². The zero-order valence-electron chi connectivity index (χ0n) is 38.8. The maximum atomic E-state index is 12.8. The summed E-state index contributed by atoms with van der Waals surface area (Å²) >= 11 is 0.